The Hall–Kier alpha value is -5.64. The molecular weight excluding hydrogens is 565 g/mol. The van der Waals surface area contributed by atoms with Crippen molar-refractivity contribution in [2.75, 3.05) is 0 Å². The SMILES string of the molecule is c1ccc(-c2cc(-c3cccc(-c4cccc5c4sc4c6ccccc6c6ccccc6c54)c3)nc(-c3ccccc3)n2)cc1. The lowest BCUT2D eigenvalue weighted by Crippen LogP contribution is -1.96. The number of aromatic nitrogens is 2. The van der Waals surface area contributed by atoms with Gasteiger partial charge in [0.15, 0.2) is 5.82 Å². The van der Waals surface area contributed by atoms with Crippen molar-refractivity contribution >= 4 is 53.1 Å². The summed E-state index contributed by atoms with van der Waals surface area (Å²) in [6, 6.07) is 55.9. The van der Waals surface area contributed by atoms with Crippen molar-refractivity contribution in [2.45, 2.75) is 0 Å². The summed E-state index contributed by atoms with van der Waals surface area (Å²) < 4.78 is 2.66. The lowest BCUT2D eigenvalue weighted by Gasteiger charge is -2.11. The number of rotatable bonds is 4. The van der Waals surface area contributed by atoms with E-state index in [4.69, 9.17) is 9.97 Å². The van der Waals surface area contributed by atoms with E-state index in [0.29, 0.717) is 0 Å². The van der Waals surface area contributed by atoms with Crippen LogP contribution in [-0.4, -0.2) is 9.97 Å². The lowest BCUT2D eigenvalue weighted by molar-refractivity contribution is 1.18. The van der Waals surface area contributed by atoms with Crippen LogP contribution in [0.2, 0.25) is 0 Å². The first kappa shape index (κ1) is 25.8. The monoisotopic (exact) mass is 590 g/mol. The van der Waals surface area contributed by atoms with E-state index >= 15 is 0 Å². The van der Waals surface area contributed by atoms with Gasteiger partial charge in [0.2, 0.25) is 0 Å². The summed E-state index contributed by atoms with van der Waals surface area (Å²) in [6.45, 7) is 0. The van der Waals surface area contributed by atoms with Crippen molar-refractivity contribution in [1.29, 1.82) is 0 Å². The highest BCUT2D eigenvalue weighted by molar-refractivity contribution is 7.27. The molecule has 2 heterocycles. The molecule has 0 saturated carbocycles. The predicted molar refractivity (Wildman–Crippen MR) is 192 cm³/mol. The molecule has 0 N–H and O–H groups in total. The fourth-order valence-electron chi connectivity index (χ4n) is 6.57. The van der Waals surface area contributed by atoms with Crippen LogP contribution in [-0.2, 0) is 0 Å². The van der Waals surface area contributed by atoms with Gasteiger partial charge >= 0.3 is 0 Å². The van der Waals surface area contributed by atoms with Crippen LogP contribution in [0.5, 0.6) is 0 Å². The van der Waals surface area contributed by atoms with Gasteiger partial charge in [0.05, 0.1) is 11.4 Å². The molecule has 7 aromatic carbocycles. The quantitative estimate of drug-likeness (QED) is 0.191. The highest BCUT2D eigenvalue weighted by Crippen LogP contribution is 2.46. The summed E-state index contributed by atoms with van der Waals surface area (Å²) >= 11 is 1.90. The van der Waals surface area contributed by atoms with Gasteiger partial charge < -0.3 is 0 Å². The molecule has 3 heteroatoms. The predicted octanol–water partition coefficient (Wildman–Crippen LogP) is 11.8. The zero-order chi connectivity index (χ0) is 29.7. The first-order valence-corrected chi connectivity index (χ1v) is 16.0. The van der Waals surface area contributed by atoms with E-state index in [1.54, 1.807) is 0 Å². The van der Waals surface area contributed by atoms with Crippen molar-refractivity contribution in [3.63, 3.8) is 0 Å². The molecule has 0 saturated heterocycles. The van der Waals surface area contributed by atoms with Crippen LogP contribution in [0.3, 0.4) is 0 Å². The maximum atomic E-state index is 5.09. The molecule has 0 atom stereocenters. The second-order valence-electron chi connectivity index (χ2n) is 11.4. The average molecular weight is 591 g/mol. The Morgan fingerprint density at radius 1 is 0.356 bits per heavy atom. The summed E-state index contributed by atoms with van der Waals surface area (Å²) in [5, 5.41) is 7.89. The third kappa shape index (κ3) is 4.32. The minimum Gasteiger partial charge on any atom is -0.228 e. The Bertz CT molecular complexity index is 2470. The van der Waals surface area contributed by atoms with Gasteiger partial charge in [0, 0.05) is 42.2 Å². The molecular formula is C42H26N2S. The third-order valence-corrected chi connectivity index (χ3v) is 9.94. The van der Waals surface area contributed by atoms with E-state index in [1.807, 2.05) is 35.6 Å². The molecule has 0 spiro atoms. The molecule has 9 rings (SSSR count). The number of hydrogen-bond donors (Lipinski definition) is 0. The molecule has 0 radical (unpaired) electrons. The molecule has 0 aliphatic rings. The summed E-state index contributed by atoms with van der Waals surface area (Å²) in [4.78, 5) is 10.1. The van der Waals surface area contributed by atoms with Gasteiger partial charge in [-0.1, -0.05) is 146 Å². The zero-order valence-electron chi connectivity index (χ0n) is 24.3. The second-order valence-corrected chi connectivity index (χ2v) is 12.4. The Morgan fingerprint density at radius 2 is 0.889 bits per heavy atom. The van der Waals surface area contributed by atoms with Gasteiger partial charge in [0.1, 0.15) is 0 Å². The molecule has 0 aliphatic heterocycles. The van der Waals surface area contributed by atoms with E-state index in [2.05, 4.69) is 133 Å². The lowest BCUT2D eigenvalue weighted by atomic mass is 9.95. The molecule has 210 valence electrons. The standard InChI is InChI=1S/C42H26N2S/c1-3-13-27(14-4-1)37-26-38(44-42(43-37)28-15-5-2-6-16-28)30-18-11-17-29(25-30)31-23-12-24-36-39-34-21-9-7-19-32(34)33-20-8-10-22-35(33)41(39)45-40(31)36/h1-26H. The van der Waals surface area contributed by atoms with Gasteiger partial charge in [-0.25, -0.2) is 9.97 Å². The van der Waals surface area contributed by atoms with Crippen LogP contribution < -0.4 is 0 Å². The number of nitrogens with zero attached hydrogens (tertiary/aromatic N) is 2. The molecule has 45 heavy (non-hydrogen) atoms. The van der Waals surface area contributed by atoms with Crippen LogP contribution in [0.4, 0.5) is 0 Å². The molecule has 2 aromatic heterocycles. The largest absolute Gasteiger partial charge is 0.228 e. The molecule has 2 nitrogen and oxygen atoms in total. The highest BCUT2D eigenvalue weighted by atomic mass is 32.1. The first-order valence-electron chi connectivity index (χ1n) is 15.2. The minimum atomic E-state index is 0.725. The van der Waals surface area contributed by atoms with E-state index in [0.717, 1.165) is 33.9 Å². The maximum absolute atomic E-state index is 5.09. The number of fused-ring (bicyclic) bond motifs is 8. The summed E-state index contributed by atoms with van der Waals surface area (Å²) in [7, 11) is 0. The fourth-order valence-corrected chi connectivity index (χ4v) is 7.96. The van der Waals surface area contributed by atoms with E-state index in [1.165, 1.54) is 52.8 Å². The van der Waals surface area contributed by atoms with Crippen molar-refractivity contribution in [3.05, 3.63) is 158 Å². The Morgan fingerprint density at radius 3 is 1.64 bits per heavy atom. The van der Waals surface area contributed by atoms with Crippen LogP contribution in [0.25, 0.3) is 86.7 Å². The van der Waals surface area contributed by atoms with Gasteiger partial charge in [-0.05, 0) is 39.4 Å². The van der Waals surface area contributed by atoms with E-state index in [9.17, 15) is 0 Å². The first-order chi connectivity index (χ1) is 22.3. The van der Waals surface area contributed by atoms with Gasteiger partial charge in [-0.3, -0.25) is 0 Å². The zero-order valence-corrected chi connectivity index (χ0v) is 25.1. The van der Waals surface area contributed by atoms with Crippen LogP contribution in [0.15, 0.2) is 158 Å². The molecule has 0 fully saturated rings. The minimum absolute atomic E-state index is 0.725. The smallest absolute Gasteiger partial charge is 0.160 e. The molecule has 0 bridgehead atoms. The van der Waals surface area contributed by atoms with Crippen molar-refractivity contribution in [1.82, 2.24) is 9.97 Å². The van der Waals surface area contributed by atoms with Gasteiger partial charge in [-0.2, -0.15) is 0 Å². The third-order valence-electron chi connectivity index (χ3n) is 8.67. The topological polar surface area (TPSA) is 25.8 Å². The molecule has 0 amide bonds. The Labute approximate surface area is 264 Å². The fraction of sp³-hybridized carbons (Fsp3) is 0. The van der Waals surface area contributed by atoms with Crippen LogP contribution in [0, 0.1) is 0 Å². The van der Waals surface area contributed by atoms with Crippen LogP contribution >= 0.6 is 11.3 Å². The van der Waals surface area contributed by atoms with Gasteiger partial charge in [-0.15, -0.1) is 11.3 Å². The summed E-state index contributed by atoms with van der Waals surface area (Å²) in [5.74, 6) is 0.725. The Kier molecular flexibility index (Phi) is 6.03. The number of hydrogen-bond acceptors (Lipinski definition) is 3. The van der Waals surface area contributed by atoms with E-state index in [-0.39, 0.29) is 0 Å². The average Bonchev–Trinajstić information content (AvgIpc) is 3.53. The second kappa shape index (κ2) is 10.5. The van der Waals surface area contributed by atoms with E-state index < -0.39 is 0 Å². The molecule has 0 aliphatic carbocycles. The summed E-state index contributed by atoms with van der Waals surface area (Å²) in [6.07, 6.45) is 0. The number of thiophene rings is 1. The van der Waals surface area contributed by atoms with Crippen molar-refractivity contribution in [2.24, 2.45) is 0 Å². The van der Waals surface area contributed by atoms with Crippen molar-refractivity contribution in [3.8, 4) is 45.0 Å². The number of benzene rings is 7. The maximum Gasteiger partial charge on any atom is 0.160 e. The van der Waals surface area contributed by atoms with Crippen LogP contribution in [0.1, 0.15) is 0 Å². The van der Waals surface area contributed by atoms with Crippen molar-refractivity contribution < 1.29 is 0 Å². The normalized spacial score (nSPS) is 11.6. The molecule has 0 unspecified atom stereocenters. The Balaban J connectivity index is 1.25. The highest BCUT2D eigenvalue weighted by Gasteiger charge is 2.17. The summed E-state index contributed by atoms with van der Waals surface area (Å²) in [5.41, 5.74) is 7.38. The molecule has 9 aromatic rings. The van der Waals surface area contributed by atoms with Gasteiger partial charge in [0.25, 0.3) is 0 Å².